The molecule has 0 saturated heterocycles. The van der Waals surface area contributed by atoms with E-state index >= 15 is 0 Å². The number of hydrogen-bond acceptors (Lipinski definition) is 4. The molecule has 1 N–H and O–H groups in total. The molecule has 0 aliphatic heterocycles. The van der Waals surface area contributed by atoms with E-state index in [1.807, 2.05) is 30.3 Å². The summed E-state index contributed by atoms with van der Waals surface area (Å²) in [6.07, 6.45) is 0. The molecule has 0 saturated carbocycles. The van der Waals surface area contributed by atoms with Crippen LogP contribution < -0.4 is 14.8 Å². The fourth-order valence-electron chi connectivity index (χ4n) is 2.33. The topological polar surface area (TPSA) is 60.7 Å². The third-order valence-corrected chi connectivity index (χ3v) is 3.51. The van der Waals surface area contributed by atoms with E-state index in [0.29, 0.717) is 29.4 Å². The van der Waals surface area contributed by atoms with Crippen molar-refractivity contribution in [1.82, 2.24) is 5.32 Å². The maximum atomic E-state index is 12.3. The molecular weight excluding hydrogens is 294 g/mol. The highest BCUT2D eigenvalue weighted by Crippen LogP contribution is 2.23. The number of amides is 1. The van der Waals surface area contributed by atoms with Crippen LogP contribution in [0, 0.1) is 0 Å². The molecule has 0 fully saturated rings. The zero-order chi connectivity index (χ0) is 16.2. The van der Waals surface area contributed by atoms with Crippen molar-refractivity contribution in [2.75, 3.05) is 14.2 Å². The minimum Gasteiger partial charge on any atom is -0.497 e. The summed E-state index contributed by atoms with van der Waals surface area (Å²) in [7, 11) is 3.09. The van der Waals surface area contributed by atoms with Gasteiger partial charge < -0.3 is 19.2 Å². The van der Waals surface area contributed by atoms with Gasteiger partial charge in [0.25, 0.3) is 5.91 Å². The summed E-state index contributed by atoms with van der Waals surface area (Å²) in [6.45, 7) is 0.313. The molecule has 1 heterocycles. The molecule has 0 aliphatic rings. The van der Waals surface area contributed by atoms with Crippen molar-refractivity contribution in [3.8, 4) is 11.5 Å². The first-order valence-electron chi connectivity index (χ1n) is 7.18. The van der Waals surface area contributed by atoms with Crippen molar-refractivity contribution in [1.29, 1.82) is 0 Å². The van der Waals surface area contributed by atoms with E-state index in [0.717, 1.165) is 11.0 Å². The third-order valence-electron chi connectivity index (χ3n) is 3.51. The zero-order valence-corrected chi connectivity index (χ0v) is 13.0. The molecular formula is C18H17NO4. The summed E-state index contributed by atoms with van der Waals surface area (Å²) in [5, 5.41) is 3.85. The second-order valence-corrected chi connectivity index (χ2v) is 5.03. The molecule has 3 rings (SSSR count). The van der Waals surface area contributed by atoms with Crippen LogP contribution in [0.15, 0.2) is 52.9 Å². The smallest absolute Gasteiger partial charge is 0.251 e. The van der Waals surface area contributed by atoms with Crippen LogP contribution in [0.25, 0.3) is 11.0 Å². The largest absolute Gasteiger partial charge is 0.497 e. The Bertz CT molecular complexity index is 783. The number of nitrogens with one attached hydrogen (secondary N) is 1. The van der Waals surface area contributed by atoms with Crippen molar-refractivity contribution >= 4 is 16.9 Å². The van der Waals surface area contributed by atoms with Gasteiger partial charge in [0.1, 0.15) is 22.8 Å². The van der Waals surface area contributed by atoms with Gasteiger partial charge in [-0.15, -0.1) is 0 Å². The highest BCUT2D eigenvalue weighted by Gasteiger charge is 2.11. The predicted molar refractivity (Wildman–Crippen MR) is 86.9 cm³/mol. The van der Waals surface area contributed by atoms with Crippen molar-refractivity contribution in [2.45, 2.75) is 6.54 Å². The average Bonchev–Trinajstić information content (AvgIpc) is 3.02. The molecule has 2 aromatic carbocycles. The number of benzene rings is 2. The lowest BCUT2D eigenvalue weighted by Gasteiger charge is -2.08. The average molecular weight is 311 g/mol. The highest BCUT2D eigenvalue weighted by molar-refractivity contribution is 5.95. The van der Waals surface area contributed by atoms with Crippen LogP contribution in [0.3, 0.4) is 0 Å². The van der Waals surface area contributed by atoms with Gasteiger partial charge in [0.15, 0.2) is 0 Å². The van der Waals surface area contributed by atoms with Crippen LogP contribution >= 0.6 is 0 Å². The molecule has 0 bridgehead atoms. The zero-order valence-electron chi connectivity index (χ0n) is 13.0. The first-order chi connectivity index (χ1) is 11.2. The van der Waals surface area contributed by atoms with Crippen molar-refractivity contribution < 1.29 is 18.7 Å². The van der Waals surface area contributed by atoms with Crippen molar-refractivity contribution in [3.05, 3.63) is 59.9 Å². The number of hydrogen-bond donors (Lipinski definition) is 1. The van der Waals surface area contributed by atoms with E-state index in [9.17, 15) is 4.79 Å². The summed E-state index contributed by atoms with van der Waals surface area (Å²) in [4.78, 5) is 12.3. The van der Waals surface area contributed by atoms with E-state index in [1.54, 1.807) is 32.4 Å². The number of carbonyl (C=O) groups excluding carboxylic acids is 1. The number of rotatable bonds is 5. The number of carbonyl (C=O) groups is 1. The van der Waals surface area contributed by atoms with Gasteiger partial charge in [0.05, 0.1) is 20.8 Å². The maximum absolute atomic E-state index is 12.3. The molecule has 118 valence electrons. The molecule has 5 nitrogen and oxygen atoms in total. The number of methoxy groups -OCH3 is 2. The summed E-state index contributed by atoms with van der Waals surface area (Å²) in [6, 6.07) is 14.7. The molecule has 3 aromatic rings. The monoisotopic (exact) mass is 311 g/mol. The normalized spacial score (nSPS) is 10.5. The molecule has 0 atom stereocenters. The van der Waals surface area contributed by atoms with Gasteiger partial charge in [0, 0.05) is 17.0 Å². The van der Waals surface area contributed by atoms with Crippen LogP contribution in [0.1, 0.15) is 16.1 Å². The summed E-state index contributed by atoms with van der Waals surface area (Å²) in [5.74, 6) is 1.62. The van der Waals surface area contributed by atoms with Crippen molar-refractivity contribution in [2.24, 2.45) is 0 Å². The Morgan fingerprint density at radius 2 is 1.74 bits per heavy atom. The fraction of sp³-hybridized carbons (Fsp3) is 0.167. The number of ether oxygens (including phenoxy) is 2. The molecule has 0 unspecified atom stereocenters. The molecule has 0 aliphatic carbocycles. The van der Waals surface area contributed by atoms with Gasteiger partial charge >= 0.3 is 0 Å². The lowest BCUT2D eigenvalue weighted by molar-refractivity contribution is 0.0947. The first-order valence-corrected chi connectivity index (χ1v) is 7.18. The van der Waals surface area contributed by atoms with E-state index in [2.05, 4.69) is 5.32 Å². The van der Waals surface area contributed by atoms with E-state index in [4.69, 9.17) is 13.9 Å². The van der Waals surface area contributed by atoms with Crippen LogP contribution in [-0.4, -0.2) is 20.1 Å². The molecule has 1 amide bonds. The van der Waals surface area contributed by atoms with Gasteiger partial charge in [0.2, 0.25) is 0 Å². The second-order valence-electron chi connectivity index (χ2n) is 5.03. The Morgan fingerprint density at radius 1 is 1.04 bits per heavy atom. The molecule has 23 heavy (non-hydrogen) atoms. The van der Waals surface area contributed by atoms with Gasteiger partial charge in [-0.1, -0.05) is 18.2 Å². The first kappa shape index (κ1) is 15.0. The van der Waals surface area contributed by atoms with Gasteiger partial charge in [-0.25, -0.2) is 0 Å². The van der Waals surface area contributed by atoms with Crippen molar-refractivity contribution in [3.63, 3.8) is 0 Å². The Labute approximate surface area is 133 Å². The van der Waals surface area contributed by atoms with E-state index < -0.39 is 0 Å². The molecule has 0 radical (unpaired) electrons. The van der Waals surface area contributed by atoms with Crippen LogP contribution in [0.2, 0.25) is 0 Å². The Kier molecular flexibility index (Phi) is 4.19. The third kappa shape index (κ3) is 3.29. The van der Waals surface area contributed by atoms with Crippen LogP contribution in [-0.2, 0) is 6.54 Å². The number of furan rings is 1. The lowest BCUT2D eigenvalue weighted by atomic mass is 10.2. The number of fused-ring (bicyclic) bond motifs is 1. The summed E-state index contributed by atoms with van der Waals surface area (Å²) < 4.78 is 16.0. The minimum atomic E-state index is -0.220. The molecule has 1 aromatic heterocycles. The van der Waals surface area contributed by atoms with Gasteiger partial charge in [-0.2, -0.15) is 0 Å². The Balaban J connectivity index is 1.73. The highest BCUT2D eigenvalue weighted by atomic mass is 16.5. The molecule has 0 spiro atoms. The van der Waals surface area contributed by atoms with Gasteiger partial charge in [-0.3, -0.25) is 4.79 Å². The minimum absolute atomic E-state index is 0.220. The Hall–Kier alpha value is -2.95. The predicted octanol–water partition coefficient (Wildman–Crippen LogP) is 3.38. The standard InChI is InChI=1S/C18H17NO4/c1-21-14-8-13(9-15(10-14)22-2)18(20)19-11-16-7-12-5-3-4-6-17(12)23-16/h3-10H,11H2,1-2H3,(H,19,20). The maximum Gasteiger partial charge on any atom is 0.251 e. The van der Waals surface area contributed by atoms with Gasteiger partial charge in [-0.05, 0) is 24.3 Å². The van der Waals surface area contributed by atoms with Crippen LogP contribution in [0.5, 0.6) is 11.5 Å². The summed E-state index contributed by atoms with van der Waals surface area (Å²) >= 11 is 0. The van der Waals surface area contributed by atoms with E-state index in [-0.39, 0.29) is 5.91 Å². The second kappa shape index (κ2) is 6.44. The molecule has 5 heteroatoms. The van der Waals surface area contributed by atoms with Crippen LogP contribution in [0.4, 0.5) is 0 Å². The SMILES string of the molecule is COc1cc(OC)cc(C(=O)NCc2cc3ccccc3o2)c1. The van der Waals surface area contributed by atoms with E-state index in [1.165, 1.54) is 0 Å². The number of para-hydroxylation sites is 1. The quantitative estimate of drug-likeness (QED) is 0.784. The Morgan fingerprint density at radius 3 is 2.39 bits per heavy atom. The lowest BCUT2D eigenvalue weighted by Crippen LogP contribution is -2.22. The fourth-order valence-corrected chi connectivity index (χ4v) is 2.33. The summed E-state index contributed by atoms with van der Waals surface area (Å²) in [5.41, 5.74) is 1.28.